The highest BCUT2D eigenvalue weighted by Gasteiger charge is 1.88. The quantitative estimate of drug-likeness (QED) is 0.601. The van der Waals surface area contributed by atoms with Crippen molar-refractivity contribution in [1.29, 1.82) is 0 Å². The summed E-state index contributed by atoms with van der Waals surface area (Å²) in [6, 6.07) is 6.24. The third-order valence-corrected chi connectivity index (χ3v) is 1.10. The minimum atomic E-state index is -0.222. The summed E-state index contributed by atoms with van der Waals surface area (Å²) < 4.78 is 0. The molecule has 0 aliphatic carbocycles. The molecule has 0 saturated carbocycles. The molecule has 1 radical (unpaired) electrons. The zero-order chi connectivity index (χ0) is 6.69. The van der Waals surface area contributed by atoms with Crippen molar-refractivity contribution in [2.24, 2.45) is 0 Å². The first kappa shape index (κ1) is 6.11. The number of benzene rings is 1. The van der Waals surface area contributed by atoms with E-state index in [1.54, 1.807) is 12.1 Å². The molecule has 1 N–H and O–H groups in total. The van der Waals surface area contributed by atoms with E-state index >= 15 is 0 Å². The number of phenolic OH excluding ortho intramolecular Hbond substituents is 1. The van der Waals surface area contributed by atoms with Crippen LogP contribution in [0.2, 0.25) is 0 Å². The minimum Gasteiger partial charge on any atom is -0.508 e. The lowest BCUT2D eigenvalue weighted by Gasteiger charge is -1.92. The number of phenols is 1. The largest absolute Gasteiger partial charge is 0.508 e. The van der Waals surface area contributed by atoms with Gasteiger partial charge in [-0.25, -0.2) is 5.11 Å². The van der Waals surface area contributed by atoms with Crippen molar-refractivity contribution in [3.63, 3.8) is 0 Å². The van der Waals surface area contributed by atoms with Crippen molar-refractivity contribution in [2.45, 2.75) is 6.61 Å². The monoisotopic (exact) mass is 123 g/mol. The van der Waals surface area contributed by atoms with Crippen molar-refractivity contribution in [1.82, 2.24) is 0 Å². The Kier molecular flexibility index (Phi) is 1.70. The summed E-state index contributed by atoms with van der Waals surface area (Å²) in [5.74, 6) is 0.201. The molecule has 0 spiro atoms. The average molecular weight is 123 g/mol. The fourth-order valence-corrected chi connectivity index (χ4v) is 0.592. The molecule has 1 aromatic rings. The molecule has 0 aliphatic heterocycles. The zero-order valence-corrected chi connectivity index (χ0v) is 4.87. The van der Waals surface area contributed by atoms with Gasteiger partial charge in [-0.3, -0.25) is 0 Å². The number of hydrogen-bond donors (Lipinski definition) is 1. The van der Waals surface area contributed by atoms with Crippen LogP contribution in [-0.4, -0.2) is 5.11 Å². The van der Waals surface area contributed by atoms with E-state index < -0.39 is 0 Å². The second-order valence-corrected chi connectivity index (χ2v) is 1.81. The van der Waals surface area contributed by atoms with Gasteiger partial charge in [0.15, 0.2) is 0 Å². The number of aromatic hydroxyl groups is 1. The summed E-state index contributed by atoms with van der Waals surface area (Å²) in [6.45, 7) is -0.222. The fourth-order valence-electron chi connectivity index (χ4n) is 0.592. The summed E-state index contributed by atoms with van der Waals surface area (Å²) >= 11 is 0. The van der Waals surface area contributed by atoms with Crippen LogP contribution in [0.3, 0.4) is 0 Å². The molecule has 9 heavy (non-hydrogen) atoms. The van der Waals surface area contributed by atoms with Gasteiger partial charge in [-0.15, -0.1) is 0 Å². The van der Waals surface area contributed by atoms with Crippen LogP contribution in [-0.2, 0) is 11.7 Å². The molecule has 2 heteroatoms. The molecule has 0 aliphatic rings. The van der Waals surface area contributed by atoms with Gasteiger partial charge in [-0.05, 0) is 17.7 Å². The molecular weight excluding hydrogens is 116 g/mol. The van der Waals surface area contributed by atoms with Crippen molar-refractivity contribution >= 4 is 0 Å². The molecule has 0 saturated heterocycles. The molecule has 1 rings (SSSR count). The van der Waals surface area contributed by atoms with Crippen molar-refractivity contribution < 1.29 is 10.2 Å². The Balaban J connectivity index is 2.88. The normalized spacial score (nSPS) is 9.44. The maximum Gasteiger partial charge on any atom is 0.115 e. The third kappa shape index (κ3) is 1.44. The Bertz CT molecular complexity index is 179. The molecule has 0 heterocycles. The first-order valence-corrected chi connectivity index (χ1v) is 2.69. The van der Waals surface area contributed by atoms with Gasteiger partial charge in [0.1, 0.15) is 12.4 Å². The van der Waals surface area contributed by atoms with E-state index in [2.05, 4.69) is 0 Å². The highest BCUT2D eigenvalue weighted by molar-refractivity contribution is 5.25. The molecule has 0 amide bonds. The van der Waals surface area contributed by atoms with E-state index in [1.807, 2.05) is 0 Å². The molecule has 0 fully saturated rings. The van der Waals surface area contributed by atoms with Crippen LogP contribution in [0.1, 0.15) is 5.56 Å². The van der Waals surface area contributed by atoms with E-state index in [4.69, 9.17) is 5.11 Å². The summed E-state index contributed by atoms with van der Waals surface area (Å²) in [7, 11) is 0. The van der Waals surface area contributed by atoms with E-state index in [0.717, 1.165) is 0 Å². The van der Waals surface area contributed by atoms with Crippen LogP contribution in [0.25, 0.3) is 0 Å². The first-order valence-electron chi connectivity index (χ1n) is 2.69. The molecule has 0 unspecified atom stereocenters. The molecule has 0 atom stereocenters. The van der Waals surface area contributed by atoms with Crippen LogP contribution in [0.15, 0.2) is 24.3 Å². The Morgan fingerprint density at radius 1 is 1.22 bits per heavy atom. The van der Waals surface area contributed by atoms with Crippen LogP contribution >= 0.6 is 0 Å². The van der Waals surface area contributed by atoms with Gasteiger partial charge in [0.25, 0.3) is 0 Å². The highest BCUT2D eigenvalue weighted by atomic mass is 16.3. The summed E-state index contributed by atoms with van der Waals surface area (Å²) in [4.78, 5) is 0. The van der Waals surface area contributed by atoms with Crippen molar-refractivity contribution in [2.75, 3.05) is 0 Å². The second-order valence-electron chi connectivity index (χ2n) is 1.81. The zero-order valence-electron chi connectivity index (χ0n) is 4.87. The topological polar surface area (TPSA) is 40.1 Å². The fraction of sp³-hybridized carbons (Fsp3) is 0.143. The lowest BCUT2D eigenvalue weighted by molar-refractivity contribution is 0.177. The first-order chi connectivity index (χ1) is 4.33. The number of rotatable bonds is 1. The lowest BCUT2D eigenvalue weighted by Crippen LogP contribution is -1.77. The van der Waals surface area contributed by atoms with Gasteiger partial charge in [0, 0.05) is 0 Å². The van der Waals surface area contributed by atoms with Gasteiger partial charge in [-0.1, -0.05) is 12.1 Å². The summed E-state index contributed by atoms with van der Waals surface area (Å²) in [5, 5.41) is 18.9. The molecule has 0 aromatic heterocycles. The van der Waals surface area contributed by atoms with Crippen LogP contribution in [0.4, 0.5) is 0 Å². The maximum atomic E-state index is 10.2. The average Bonchev–Trinajstić information content (AvgIpc) is 1.90. The Morgan fingerprint density at radius 2 is 1.78 bits per heavy atom. The minimum absolute atomic E-state index is 0.201. The van der Waals surface area contributed by atoms with Gasteiger partial charge in [0.05, 0.1) is 0 Å². The predicted octanol–water partition coefficient (Wildman–Crippen LogP) is 1.32. The van der Waals surface area contributed by atoms with Crippen LogP contribution < -0.4 is 0 Å². The van der Waals surface area contributed by atoms with Crippen LogP contribution in [0, 0.1) is 0 Å². The van der Waals surface area contributed by atoms with Gasteiger partial charge in [-0.2, -0.15) is 0 Å². The second kappa shape index (κ2) is 2.51. The Morgan fingerprint density at radius 3 is 2.22 bits per heavy atom. The van der Waals surface area contributed by atoms with E-state index in [0.29, 0.717) is 5.56 Å². The van der Waals surface area contributed by atoms with Gasteiger partial charge >= 0.3 is 0 Å². The maximum absolute atomic E-state index is 10.2. The predicted molar refractivity (Wildman–Crippen MR) is 32.5 cm³/mol. The molecule has 0 bridgehead atoms. The van der Waals surface area contributed by atoms with E-state index in [9.17, 15) is 5.11 Å². The summed E-state index contributed by atoms with van der Waals surface area (Å²) in [6.07, 6.45) is 0. The van der Waals surface area contributed by atoms with E-state index in [1.165, 1.54) is 12.1 Å². The lowest BCUT2D eigenvalue weighted by atomic mass is 10.2. The standard InChI is InChI=1S/C7H7O2/c8-5-6-1-3-7(9)4-2-6/h1-4,9H,5H2. The molecule has 2 nitrogen and oxygen atoms in total. The highest BCUT2D eigenvalue weighted by Crippen LogP contribution is 2.08. The van der Waals surface area contributed by atoms with Crippen LogP contribution in [0.5, 0.6) is 5.75 Å². The molecular formula is C7H7O2. The SMILES string of the molecule is [O]Cc1ccc(O)cc1. The smallest absolute Gasteiger partial charge is 0.115 e. The Labute approximate surface area is 53.4 Å². The summed E-state index contributed by atoms with van der Waals surface area (Å²) in [5.41, 5.74) is 0.702. The number of hydrogen-bond acceptors (Lipinski definition) is 1. The third-order valence-electron chi connectivity index (χ3n) is 1.10. The Hall–Kier alpha value is -1.02. The van der Waals surface area contributed by atoms with Crippen molar-refractivity contribution in [3.05, 3.63) is 29.8 Å². The van der Waals surface area contributed by atoms with Gasteiger partial charge in [0.2, 0.25) is 0 Å². The van der Waals surface area contributed by atoms with E-state index in [-0.39, 0.29) is 12.4 Å². The molecule has 1 aromatic carbocycles. The molecule has 47 valence electrons. The van der Waals surface area contributed by atoms with Gasteiger partial charge < -0.3 is 5.11 Å². The van der Waals surface area contributed by atoms with Crippen molar-refractivity contribution in [3.8, 4) is 5.75 Å².